The van der Waals surface area contributed by atoms with Crippen molar-refractivity contribution in [3.05, 3.63) is 64.7 Å². The standard InChI is InChI=1S/C20H23NO4/c1-5-25-18-10-9-13(2)11-17(18)14(3)21-19(22)15-7-6-8-16(12-15)20(23)24-4/h6-12,14H,5H2,1-4H3,(H,21,22). The van der Waals surface area contributed by atoms with Gasteiger partial charge in [0.05, 0.1) is 25.3 Å². The van der Waals surface area contributed by atoms with Crippen molar-refractivity contribution in [3.8, 4) is 5.75 Å². The summed E-state index contributed by atoms with van der Waals surface area (Å²) in [5.74, 6) is 0.0198. The summed E-state index contributed by atoms with van der Waals surface area (Å²) in [5.41, 5.74) is 2.75. The van der Waals surface area contributed by atoms with Crippen LogP contribution in [0.1, 0.15) is 51.7 Å². The minimum atomic E-state index is -0.472. The fraction of sp³-hybridized carbons (Fsp3) is 0.300. The highest BCUT2D eigenvalue weighted by molar-refractivity contribution is 5.98. The Labute approximate surface area is 148 Å². The van der Waals surface area contributed by atoms with Crippen molar-refractivity contribution in [2.75, 3.05) is 13.7 Å². The maximum absolute atomic E-state index is 12.5. The summed E-state index contributed by atoms with van der Waals surface area (Å²) in [7, 11) is 1.31. The molecule has 5 heteroatoms. The summed E-state index contributed by atoms with van der Waals surface area (Å²) >= 11 is 0. The number of esters is 1. The number of nitrogens with one attached hydrogen (secondary N) is 1. The first-order chi connectivity index (χ1) is 12.0. The highest BCUT2D eigenvalue weighted by Crippen LogP contribution is 2.26. The number of ether oxygens (including phenoxy) is 2. The van der Waals surface area contributed by atoms with Gasteiger partial charge < -0.3 is 14.8 Å². The van der Waals surface area contributed by atoms with E-state index >= 15 is 0 Å². The van der Waals surface area contributed by atoms with Gasteiger partial charge in [-0.25, -0.2) is 4.79 Å². The van der Waals surface area contributed by atoms with E-state index in [1.807, 2.05) is 39.0 Å². The lowest BCUT2D eigenvalue weighted by molar-refractivity contribution is 0.0600. The molecule has 0 heterocycles. The number of amides is 1. The van der Waals surface area contributed by atoms with E-state index in [4.69, 9.17) is 9.47 Å². The van der Waals surface area contributed by atoms with Crippen LogP contribution < -0.4 is 10.1 Å². The van der Waals surface area contributed by atoms with Crippen LogP contribution in [0.15, 0.2) is 42.5 Å². The zero-order chi connectivity index (χ0) is 18.4. The Hall–Kier alpha value is -2.82. The molecule has 0 fully saturated rings. The van der Waals surface area contributed by atoms with E-state index in [-0.39, 0.29) is 11.9 Å². The van der Waals surface area contributed by atoms with Crippen LogP contribution in [0, 0.1) is 6.92 Å². The molecule has 1 unspecified atom stereocenters. The Morgan fingerprint density at radius 3 is 2.52 bits per heavy atom. The molecule has 0 radical (unpaired) electrons. The lowest BCUT2D eigenvalue weighted by Crippen LogP contribution is -2.27. The number of hydrogen-bond acceptors (Lipinski definition) is 4. The van der Waals surface area contributed by atoms with Gasteiger partial charge in [0.2, 0.25) is 0 Å². The van der Waals surface area contributed by atoms with Gasteiger partial charge in [0.25, 0.3) is 5.91 Å². The summed E-state index contributed by atoms with van der Waals surface area (Å²) in [4.78, 5) is 24.2. The van der Waals surface area contributed by atoms with Crippen LogP contribution >= 0.6 is 0 Å². The van der Waals surface area contributed by atoms with E-state index in [1.54, 1.807) is 18.2 Å². The Bertz CT molecular complexity index is 770. The molecule has 0 saturated carbocycles. The molecule has 0 aliphatic heterocycles. The van der Waals surface area contributed by atoms with Gasteiger partial charge in [-0.05, 0) is 45.0 Å². The van der Waals surface area contributed by atoms with Gasteiger partial charge in [0.1, 0.15) is 5.75 Å². The van der Waals surface area contributed by atoms with E-state index in [2.05, 4.69) is 5.32 Å². The third-order valence-corrected chi connectivity index (χ3v) is 3.83. The molecule has 0 bridgehead atoms. The largest absolute Gasteiger partial charge is 0.494 e. The van der Waals surface area contributed by atoms with Crippen molar-refractivity contribution in [2.45, 2.75) is 26.8 Å². The van der Waals surface area contributed by atoms with Gasteiger partial charge >= 0.3 is 5.97 Å². The molecule has 0 spiro atoms. The number of rotatable bonds is 6. The minimum Gasteiger partial charge on any atom is -0.494 e. The van der Waals surface area contributed by atoms with Crippen molar-refractivity contribution in [1.82, 2.24) is 5.32 Å². The molecule has 0 aromatic heterocycles. The molecule has 0 aliphatic carbocycles. The zero-order valence-corrected chi connectivity index (χ0v) is 15.0. The van der Waals surface area contributed by atoms with Crippen LogP contribution in [0.25, 0.3) is 0 Å². The topological polar surface area (TPSA) is 64.6 Å². The van der Waals surface area contributed by atoms with Crippen LogP contribution in [0.2, 0.25) is 0 Å². The second-order valence-electron chi connectivity index (χ2n) is 5.74. The molecule has 2 aromatic rings. The molecule has 2 rings (SSSR count). The molecular formula is C20H23NO4. The summed E-state index contributed by atoms with van der Waals surface area (Å²) in [6.45, 7) is 6.37. The van der Waals surface area contributed by atoms with Gasteiger partial charge in [-0.2, -0.15) is 0 Å². The Morgan fingerprint density at radius 1 is 1.12 bits per heavy atom. The predicted molar refractivity (Wildman–Crippen MR) is 96.0 cm³/mol. The average Bonchev–Trinajstić information content (AvgIpc) is 2.62. The quantitative estimate of drug-likeness (QED) is 0.814. The molecule has 25 heavy (non-hydrogen) atoms. The van der Waals surface area contributed by atoms with Crippen molar-refractivity contribution < 1.29 is 19.1 Å². The second-order valence-corrected chi connectivity index (χ2v) is 5.74. The van der Waals surface area contributed by atoms with Crippen LogP contribution in [-0.2, 0) is 4.74 Å². The number of aryl methyl sites for hydroxylation is 1. The molecular weight excluding hydrogens is 318 g/mol. The number of methoxy groups -OCH3 is 1. The Balaban J connectivity index is 2.21. The smallest absolute Gasteiger partial charge is 0.337 e. The first kappa shape index (κ1) is 18.5. The van der Waals surface area contributed by atoms with E-state index < -0.39 is 5.97 Å². The molecule has 1 N–H and O–H groups in total. The fourth-order valence-corrected chi connectivity index (χ4v) is 2.56. The molecule has 2 aromatic carbocycles. The SMILES string of the molecule is CCOc1ccc(C)cc1C(C)NC(=O)c1cccc(C(=O)OC)c1. The van der Waals surface area contributed by atoms with Crippen molar-refractivity contribution in [1.29, 1.82) is 0 Å². The fourth-order valence-electron chi connectivity index (χ4n) is 2.56. The zero-order valence-electron chi connectivity index (χ0n) is 15.0. The van der Waals surface area contributed by atoms with Gasteiger partial charge in [-0.1, -0.05) is 23.8 Å². The third kappa shape index (κ3) is 4.59. The first-order valence-corrected chi connectivity index (χ1v) is 8.18. The molecule has 132 valence electrons. The average molecular weight is 341 g/mol. The molecule has 0 saturated heterocycles. The van der Waals surface area contributed by atoms with Crippen LogP contribution in [-0.4, -0.2) is 25.6 Å². The van der Waals surface area contributed by atoms with Crippen LogP contribution in [0.5, 0.6) is 5.75 Å². The minimum absolute atomic E-state index is 0.240. The first-order valence-electron chi connectivity index (χ1n) is 8.18. The highest BCUT2D eigenvalue weighted by Gasteiger charge is 2.17. The van der Waals surface area contributed by atoms with Gasteiger partial charge in [0.15, 0.2) is 0 Å². The van der Waals surface area contributed by atoms with Gasteiger partial charge in [0, 0.05) is 11.1 Å². The summed E-state index contributed by atoms with van der Waals surface area (Å²) < 4.78 is 10.3. The van der Waals surface area contributed by atoms with Crippen molar-refractivity contribution >= 4 is 11.9 Å². The van der Waals surface area contributed by atoms with E-state index in [9.17, 15) is 9.59 Å². The van der Waals surface area contributed by atoms with Crippen molar-refractivity contribution in [2.24, 2.45) is 0 Å². The van der Waals surface area contributed by atoms with Gasteiger partial charge in [-0.15, -0.1) is 0 Å². The number of hydrogen-bond donors (Lipinski definition) is 1. The monoisotopic (exact) mass is 341 g/mol. The lowest BCUT2D eigenvalue weighted by Gasteiger charge is -2.19. The van der Waals surface area contributed by atoms with Crippen LogP contribution in [0.3, 0.4) is 0 Å². The summed E-state index contributed by atoms with van der Waals surface area (Å²) in [6, 6.07) is 12.1. The normalized spacial score (nSPS) is 11.5. The number of carbonyl (C=O) groups is 2. The second kappa shape index (κ2) is 8.33. The maximum atomic E-state index is 12.5. The highest BCUT2D eigenvalue weighted by atomic mass is 16.5. The predicted octanol–water partition coefficient (Wildman–Crippen LogP) is 3.67. The van der Waals surface area contributed by atoms with E-state index in [0.29, 0.717) is 17.7 Å². The Morgan fingerprint density at radius 2 is 1.84 bits per heavy atom. The maximum Gasteiger partial charge on any atom is 0.337 e. The molecule has 1 amide bonds. The molecule has 5 nitrogen and oxygen atoms in total. The van der Waals surface area contributed by atoms with Crippen LogP contribution in [0.4, 0.5) is 0 Å². The lowest BCUT2D eigenvalue weighted by atomic mass is 10.0. The van der Waals surface area contributed by atoms with E-state index in [1.165, 1.54) is 13.2 Å². The van der Waals surface area contributed by atoms with Crippen molar-refractivity contribution in [3.63, 3.8) is 0 Å². The summed E-state index contributed by atoms with van der Waals surface area (Å²) in [6.07, 6.45) is 0. The van der Waals surface area contributed by atoms with Gasteiger partial charge in [-0.3, -0.25) is 4.79 Å². The molecule has 0 aliphatic rings. The molecule has 1 atom stereocenters. The number of benzene rings is 2. The Kier molecular flexibility index (Phi) is 6.17. The third-order valence-electron chi connectivity index (χ3n) is 3.83. The summed E-state index contributed by atoms with van der Waals surface area (Å²) in [5, 5.41) is 2.95. The number of carbonyl (C=O) groups excluding carboxylic acids is 2. The van der Waals surface area contributed by atoms with E-state index in [0.717, 1.165) is 16.9 Å².